The number of piperidine rings is 1. The Kier molecular flexibility index (Phi) is 4.90. The molecule has 0 radical (unpaired) electrons. The predicted octanol–water partition coefficient (Wildman–Crippen LogP) is 2.15. The molecule has 0 aliphatic carbocycles. The highest BCUT2D eigenvalue weighted by Crippen LogP contribution is 2.33. The summed E-state index contributed by atoms with van der Waals surface area (Å²) < 4.78 is 0. The fourth-order valence-electron chi connectivity index (χ4n) is 2.42. The van der Waals surface area contributed by atoms with Gasteiger partial charge in [-0.15, -0.1) is 0 Å². The quantitative estimate of drug-likeness (QED) is 0.707. The van der Waals surface area contributed by atoms with E-state index in [0.717, 1.165) is 0 Å². The van der Waals surface area contributed by atoms with Crippen molar-refractivity contribution < 1.29 is 0 Å². The summed E-state index contributed by atoms with van der Waals surface area (Å²) in [5.74, 6) is 0. The Morgan fingerprint density at radius 1 is 1.29 bits per heavy atom. The van der Waals surface area contributed by atoms with E-state index in [9.17, 15) is 0 Å². The molecule has 0 saturated carbocycles. The van der Waals surface area contributed by atoms with Crippen LogP contribution in [0, 0.1) is 5.41 Å². The zero-order chi connectivity index (χ0) is 10.4. The Hall–Kier alpha value is -0.0800. The van der Waals surface area contributed by atoms with Crippen LogP contribution >= 0.6 is 0 Å². The molecule has 1 rings (SSSR count). The minimum Gasteiger partial charge on any atom is -0.317 e. The van der Waals surface area contributed by atoms with Crippen LogP contribution in [-0.2, 0) is 0 Å². The zero-order valence-corrected chi connectivity index (χ0v) is 10.0. The lowest BCUT2D eigenvalue weighted by Crippen LogP contribution is -2.44. The van der Waals surface area contributed by atoms with Crippen molar-refractivity contribution in [2.45, 2.75) is 52.5 Å². The van der Waals surface area contributed by atoms with Gasteiger partial charge in [-0.2, -0.15) is 0 Å². The molecule has 1 saturated heterocycles. The number of rotatable bonds is 5. The second-order valence-corrected chi connectivity index (χ2v) is 5.04. The lowest BCUT2D eigenvalue weighted by atomic mass is 9.75. The normalized spacial score (nSPS) is 21.4. The molecule has 1 aliphatic heterocycles. The second-order valence-electron chi connectivity index (χ2n) is 5.04. The highest BCUT2D eigenvalue weighted by atomic mass is 14.9. The highest BCUT2D eigenvalue weighted by molar-refractivity contribution is 4.86. The summed E-state index contributed by atoms with van der Waals surface area (Å²) in [5, 5.41) is 7.07. The summed E-state index contributed by atoms with van der Waals surface area (Å²) in [6.45, 7) is 10.4. The van der Waals surface area contributed by atoms with Gasteiger partial charge in [-0.1, -0.05) is 27.2 Å². The van der Waals surface area contributed by atoms with Crippen molar-refractivity contribution in [2.24, 2.45) is 5.41 Å². The van der Waals surface area contributed by atoms with E-state index in [4.69, 9.17) is 0 Å². The van der Waals surface area contributed by atoms with Crippen LogP contribution in [0.3, 0.4) is 0 Å². The summed E-state index contributed by atoms with van der Waals surface area (Å²) in [6.07, 6.45) is 5.40. The maximum absolute atomic E-state index is 3.61. The lowest BCUT2D eigenvalue weighted by molar-refractivity contribution is 0.172. The Morgan fingerprint density at radius 3 is 2.43 bits per heavy atom. The Bertz CT molecular complexity index is 143. The van der Waals surface area contributed by atoms with Crippen LogP contribution in [0.25, 0.3) is 0 Å². The molecule has 1 heterocycles. The Balaban J connectivity index is 2.42. The molecule has 0 spiro atoms. The summed E-state index contributed by atoms with van der Waals surface area (Å²) >= 11 is 0. The second kappa shape index (κ2) is 5.72. The molecule has 0 aromatic rings. The van der Waals surface area contributed by atoms with Gasteiger partial charge in [-0.25, -0.2) is 0 Å². The van der Waals surface area contributed by atoms with Gasteiger partial charge < -0.3 is 10.6 Å². The minimum atomic E-state index is 0.588. The van der Waals surface area contributed by atoms with E-state index in [1.807, 2.05) is 0 Å². The number of hydrogen-bond acceptors (Lipinski definition) is 2. The van der Waals surface area contributed by atoms with Gasteiger partial charge in [0.1, 0.15) is 0 Å². The smallest absolute Gasteiger partial charge is 0.00111 e. The molecule has 0 amide bonds. The maximum Gasteiger partial charge on any atom is 0.00111 e. The molecular weight excluding hydrogens is 172 g/mol. The van der Waals surface area contributed by atoms with Crippen LogP contribution in [0.2, 0.25) is 0 Å². The fraction of sp³-hybridized carbons (Fsp3) is 1.00. The first-order chi connectivity index (χ1) is 6.68. The molecule has 1 aliphatic rings. The molecule has 2 N–H and O–H groups in total. The van der Waals surface area contributed by atoms with E-state index in [1.165, 1.54) is 45.3 Å². The van der Waals surface area contributed by atoms with Crippen molar-refractivity contribution in [3.63, 3.8) is 0 Å². The zero-order valence-electron chi connectivity index (χ0n) is 10.0. The molecule has 14 heavy (non-hydrogen) atoms. The number of hydrogen-bond donors (Lipinski definition) is 2. The van der Waals surface area contributed by atoms with E-state index in [-0.39, 0.29) is 0 Å². The van der Waals surface area contributed by atoms with Crippen molar-refractivity contribution in [1.29, 1.82) is 0 Å². The van der Waals surface area contributed by atoms with E-state index < -0.39 is 0 Å². The Morgan fingerprint density at radius 2 is 1.93 bits per heavy atom. The molecule has 1 fully saturated rings. The fourth-order valence-corrected chi connectivity index (χ4v) is 2.42. The molecule has 2 heteroatoms. The molecule has 0 bridgehead atoms. The van der Waals surface area contributed by atoms with Gasteiger partial charge in [0.2, 0.25) is 0 Å². The molecule has 0 atom stereocenters. The van der Waals surface area contributed by atoms with Crippen molar-refractivity contribution in [1.82, 2.24) is 10.6 Å². The van der Waals surface area contributed by atoms with Gasteiger partial charge in [-0.3, -0.25) is 0 Å². The van der Waals surface area contributed by atoms with Gasteiger partial charge >= 0.3 is 0 Å². The first-order valence-electron chi connectivity index (χ1n) is 6.13. The molecule has 84 valence electrons. The molecule has 2 nitrogen and oxygen atoms in total. The van der Waals surface area contributed by atoms with Crippen LogP contribution in [0.4, 0.5) is 0 Å². The van der Waals surface area contributed by atoms with Gasteiger partial charge in [0.25, 0.3) is 0 Å². The van der Waals surface area contributed by atoms with Gasteiger partial charge in [-0.05, 0) is 37.8 Å². The SMILES string of the molecule is CCCC1(CNC(C)C)CCNCC1. The molecular formula is C12H26N2. The summed E-state index contributed by atoms with van der Waals surface area (Å²) in [4.78, 5) is 0. The largest absolute Gasteiger partial charge is 0.317 e. The van der Waals surface area contributed by atoms with Crippen molar-refractivity contribution in [3.05, 3.63) is 0 Å². The average Bonchev–Trinajstić information content (AvgIpc) is 2.17. The van der Waals surface area contributed by atoms with Gasteiger partial charge in [0.15, 0.2) is 0 Å². The molecule has 0 unspecified atom stereocenters. The van der Waals surface area contributed by atoms with Gasteiger partial charge in [0, 0.05) is 12.6 Å². The summed E-state index contributed by atoms with van der Waals surface area (Å²) in [6, 6.07) is 0.624. The summed E-state index contributed by atoms with van der Waals surface area (Å²) in [5.41, 5.74) is 0.588. The topological polar surface area (TPSA) is 24.1 Å². The third kappa shape index (κ3) is 3.58. The van der Waals surface area contributed by atoms with E-state index in [0.29, 0.717) is 11.5 Å². The predicted molar refractivity (Wildman–Crippen MR) is 62.6 cm³/mol. The molecule has 0 aromatic carbocycles. The van der Waals surface area contributed by atoms with E-state index in [2.05, 4.69) is 31.4 Å². The van der Waals surface area contributed by atoms with Crippen LogP contribution < -0.4 is 10.6 Å². The third-order valence-electron chi connectivity index (χ3n) is 3.33. The monoisotopic (exact) mass is 198 g/mol. The van der Waals surface area contributed by atoms with E-state index >= 15 is 0 Å². The third-order valence-corrected chi connectivity index (χ3v) is 3.33. The Labute approximate surface area is 88.8 Å². The van der Waals surface area contributed by atoms with Crippen LogP contribution in [0.15, 0.2) is 0 Å². The van der Waals surface area contributed by atoms with Gasteiger partial charge in [0.05, 0.1) is 0 Å². The minimum absolute atomic E-state index is 0.588. The van der Waals surface area contributed by atoms with Crippen LogP contribution in [0.1, 0.15) is 46.5 Å². The van der Waals surface area contributed by atoms with Crippen LogP contribution in [-0.4, -0.2) is 25.7 Å². The lowest BCUT2D eigenvalue weighted by Gasteiger charge is -2.38. The standard InChI is InChI=1S/C12H26N2/c1-4-5-12(10-14-11(2)3)6-8-13-9-7-12/h11,13-14H,4-10H2,1-3H3. The van der Waals surface area contributed by atoms with Crippen molar-refractivity contribution >= 4 is 0 Å². The van der Waals surface area contributed by atoms with E-state index in [1.54, 1.807) is 0 Å². The number of nitrogens with one attached hydrogen (secondary N) is 2. The van der Waals surface area contributed by atoms with Crippen LogP contribution in [0.5, 0.6) is 0 Å². The van der Waals surface area contributed by atoms with Crippen molar-refractivity contribution in [3.8, 4) is 0 Å². The average molecular weight is 198 g/mol. The summed E-state index contributed by atoms with van der Waals surface area (Å²) in [7, 11) is 0. The molecule has 0 aromatic heterocycles. The highest BCUT2D eigenvalue weighted by Gasteiger charge is 2.30. The first-order valence-corrected chi connectivity index (χ1v) is 6.13. The first kappa shape index (κ1) is 12.0. The van der Waals surface area contributed by atoms with Crippen molar-refractivity contribution in [2.75, 3.05) is 19.6 Å². The maximum atomic E-state index is 3.61.